The summed E-state index contributed by atoms with van der Waals surface area (Å²) in [4.78, 5) is 0. The van der Waals surface area contributed by atoms with Gasteiger partial charge in [-0.15, -0.1) is 0 Å². The number of nitrogen functional groups attached to an aromatic ring is 1. The van der Waals surface area contributed by atoms with Crippen molar-refractivity contribution in [1.82, 2.24) is 4.37 Å². The minimum absolute atomic E-state index is 0.468. The molecule has 4 nitrogen and oxygen atoms in total. The fraction of sp³-hybridized carbons (Fsp3) is 0.357. The molecule has 1 aromatic heterocycles. The maximum atomic E-state index is 10.2. The minimum atomic E-state index is -0.758. The van der Waals surface area contributed by atoms with Crippen LogP contribution in [0.15, 0.2) is 30.3 Å². The van der Waals surface area contributed by atoms with Crippen LogP contribution < -0.4 is 11.1 Å². The number of rotatable bonds is 6. The number of thioether (sulfide) groups is 1. The second-order valence-electron chi connectivity index (χ2n) is 4.92. The smallest absolute Gasteiger partial charge is 0.147 e. The zero-order chi connectivity index (χ0) is 14.6. The molecule has 20 heavy (non-hydrogen) atoms. The van der Waals surface area contributed by atoms with Crippen LogP contribution in [0.5, 0.6) is 0 Å². The van der Waals surface area contributed by atoms with E-state index < -0.39 is 5.60 Å². The third-order valence-electron chi connectivity index (χ3n) is 2.87. The van der Waals surface area contributed by atoms with Crippen molar-refractivity contribution in [3.8, 4) is 11.1 Å². The van der Waals surface area contributed by atoms with E-state index >= 15 is 0 Å². The number of hydrogen-bond donors (Lipinski definition) is 3. The second kappa shape index (κ2) is 6.47. The van der Waals surface area contributed by atoms with Gasteiger partial charge >= 0.3 is 0 Å². The highest BCUT2D eigenvalue weighted by Gasteiger charge is 2.21. The Balaban J connectivity index is 2.18. The summed E-state index contributed by atoms with van der Waals surface area (Å²) in [6.45, 7) is 2.29. The maximum Gasteiger partial charge on any atom is 0.147 e. The molecular weight excluding hydrogens is 290 g/mol. The Morgan fingerprint density at radius 3 is 2.75 bits per heavy atom. The molecule has 0 radical (unpaired) electrons. The Kier molecular flexibility index (Phi) is 4.91. The van der Waals surface area contributed by atoms with E-state index in [9.17, 15) is 5.11 Å². The number of aromatic nitrogens is 1. The predicted octanol–water partition coefficient (Wildman–Crippen LogP) is 2.92. The SMILES string of the molecule is CSCC(C)(O)CNc1snc(N)c1-c1ccccc1. The average Bonchev–Trinajstić information content (AvgIpc) is 2.79. The molecule has 1 aromatic carbocycles. The minimum Gasteiger partial charge on any atom is -0.387 e. The zero-order valence-corrected chi connectivity index (χ0v) is 13.2. The zero-order valence-electron chi connectivity index (χ0n) is 11.6. The summed E-state index contributed by atoms with van der Waals surface area (Å²) < 4.78 is 4.21. The number of anilines is 2. The summed E-state index contributed by atoms with van der Waals surface area (Å²) in [6, 6.07) is 9.92. The first-order chi connectivity index (χ1) is 9.53. The summed E-state index contributed by atoms with van der Waals surface area (Å²) in [5, 5.41) is 14.4. The maximum absolute atomic E-state index is 10.2. The molecule has 2 aromatic rings. The van der Waals surface area contributed by atoms with E-state index in [1.54, 1.807) is 11.8 Å². The number of nitrogens with two attached hydrogens (primary N) is 1. The van der Waals surface area contributed by atoms with Gasteiger partial charge < -0.3 is 16.2 Å². The molecule has 0 saturated carbocycles. The van der Waals surface area contributed by atoms with Crippen molar-refractivity contribution < 1.29 is 5.11 Å². The number of nitrogens with one attached hydrogen (secondary N) is 1. The Morgan fingerprint density at radius 2 is 2.10 bits per heavy atom. The van der Waals surface area contributed by atoms with Crippen molar-refractivity contribution in [2.24, 2.45) is 0 Å². The van der Waals surface area contributed by atoms with Crippen molar-refractivity contribution in [1.29, 1.82) is 0 Å². The lowest BCUT2D eigenvalue weighted by Crippen LogP contribution is -2.35. The van der Waals surface area contributed by atoms with Gasteiger partial charge in [0, 0.05) is 12.3 Å². The number of hydrogen-bond acceptors (Lipinski definition) is 6. The first-order valence-electron chi connectivity index (χ1n) is 6.29. The van der Waals surface area contributed by atoms with Gasteiger partial charge in [-0.05, 0) is 30.3 Å². The summed E-state index contributed by atoms with van der Waals surface area (Å²) in [6.07, 6.45) is 1.98. The summed E-state index contributed by atoms with van der Waals surface area (Å²) in [5.41, 5.74) is 7.15. The molecular formula is C14H19N3OS2. The fourth-order valence-electron chi connectivity index (χ4n) is 1.94. The van der Waals surface area contributed by atoms with E-state index in [0.29, 0.717) is 18.1 Å². The van der Waals surface area contributed by atoms with Crippen LogP contribution in [-0.4, -0.2) is 33.6 Å². The van der Waals surface area contributed by atoms with Crippen LogP contribution in [0.2, 0.25) is 0 Å². The topological polar surface area (TPSA) is 71.2 Å². The highest BCUT2D eigenvalue weighted by atomic mass is 32.2. The van der Waals surface area contributed by atoms with Crippen LogP contribution in [0.1, 0.15) is 6.92 Å². The third kappa shape index (κ3) is 3.65. The van der Waals surface area contributed by atoms with Crippen LogP contribution in [0.25, 0.3) is 11.1 Å². The normalized spacial score (nSPS) is 13.9. The first-order valence-corrected chi connectivity index (χ1v) is 8.46. The first kappa shape index (κ1) is 15.2. The highest BCUT2D eigenvalue weighted by molar-refractivity contribution is 7.98. The summed E-state index contributed by atoms with van der Waals surface area (Å²) in [7, 11) is 0. The van der Waals surface area contributed by atoms with E-state index in [4.69, 9.17) is 5.73 Å². The van der Waals surface area contributed by atoms with Gasteiger partial charge in [-0.2, -0.15) is 16.1 Å². The lowest BCUT2D eigenvalue weighted by Gasteiger charge is -2.22. The number of benzene rings is 1. The lowest BCUT2D eigenvalue weighted by atomic mass is 10.1. The van der Waals surface area contributed by atoms with Crippen LogP contribution in [0.3, 0.4) is 0 Å². The second-order valence-corrected chi connectivity index (χ2v) is 6.56. The molecule has 0 spiro atoms. The summed E-state index contributed by atoms with van der Waals surface area (Å²) in [5.74, 6) is 1.20. The van der Waals surface area contributed by atoms with Crippen molar-refractivity contribution >= 4 is 34.1 Å². The third-order valence-corrected chi connectivity index (χ3v) is 4.60. The molecule has 0 aliphatic rings. The van der Waals surface area contributed by atoms with Crippen LogP contribution >= 0.6 is 23.3 Å². The molecule has 0 bridgehead atoms. The quantitative estimate of drug-likeness (QED) is 0.765. The monoisotopic (exact) mass is 309 g/mol. The van der Waals surface area contributed by atoms with Crippen LogP contribution in [0, 0.1) is 0 Å². The Bertz CT molecular complexity index is 555. The molecule has 1 unspecified atom stereocenters. The Hall–Kier alpha value is -1.24. The number of aliphatic hydroxyl groups is 1. The van der Waals surface area contributed by atoms with Gasteiger partial charge in [0.1, 0.15) is 10.8 Å². The largest absolute Gasteiger partial charge is 0.387 e. The number of nitrogens with zero attached hydrogens (tertiary/aromatic N) is 1. The van der Waals surface area contributed by atoms with E-state index in [0.717, 1.165) is 16.1 Å². The molecule has 0 aliphatic heterocycles. The van der Waals surface area contributed by atoms with Crippen molar-refractivity contribution in [3.05, 3.63) is 30.3 Å². The van der Waals surface area contributed by atoms with E-state index in [1.165, 1.54) is 11.5 Å². The molecule has 108 valence electrons. The molecule has 6 heteroatoms. The fourth-order valence-corrected chi connectivity index (χ4v) is 3.39. The van der Waals surface area contributed by atoms with Gasteiger partial charge in [0.25, 0.3) is 0 Å². The van der Waals surface area contributed by atoms with Crippen molar-refractivity contribution in [2.75, 3.05) is 29.6 Å². The highest BCUT2D eigenvalue weighted by Crippen LogP contribution is 2.36. The average molecular weight is 309 g/mol. The molecule has 1 atom stereocenters. The van der Waals surface area contributed by atoms with Gasteiger partial charge in [0.05, 0.1) is 11.2 Å². The molecule has 4 N–H and O–H groups in total. The van der Waals surface area contributed by atoms with E-state index in [-0.39, 0.29) is 0 Å². The predicted molar refractivity (Wildman–Crippen MR) is 89.5 cm³/mol. The molecule has 0 fully saturated rings. The molecule has 1 heterocycles. The van der Waals surface area contributed by atoms with E-state index in [1.807, 2.05) is 43.5 Å². The Morgan fingerprint density at radius 1 is 1.40 bits per heavy atom. The van der Waals surface area contributed by atoms with Gasteiger partial charge in [0.2, 0.25) is 0 Å². The molecule has 2 rings (SSSR count). The molecule has 0 saturated heterocycles. The molecule has 0 amide bonds. The van der Waals surface area contributed by atoms with Crippen molar-refractivity contribution in [2.45, 2.75) is 12.5 Å². The molecule has 0 aliphatic carbocycles. The van der Waals surface area contributed by atoms with Gasteiger partial charge in [-0.3, -0.25) is 0 Å². The Labute approximate surface area is 127 Å². The van der Waals surface area contributed by atoms with Crippen LogP contribution in [0.4, 0.5) is 10.8 Å². The lowest BCUT2D eigenvalue weighted by molar-refractivity contribution is 0.0998. The standard InChI is InChI=1S/C14H19N3OS2/c1-14(18,9-19-2)8-16-13-11(12(15)17-20-13)10-6-4-3-5-7-10/h3-7,16,18H,8-9H2,1-2H3,(H2,15,17). The van der Waals surface area contributed by atoms with E-state index in [2.05, 4.69) is 9.69 Å². The van der Waals surface area contributed by atoms with Gasteiger partial charge in [-0.25, -0.2) is 0 Å². The van der Waals surface area contributed by atoms with Crippen molar-refractivity contribution in [3.63, 3.8) is 0 Å². The van der Waals surface area contributed by atoms with Gasteiger partial charge in [-0.1, -0.05) is 30.3 Å². The summed E-state index contributed by atoms with van der Waals surface area (Å²) >= 11 is 2.95. The van der Waals surface area contributed by atoms with Gasteiger partial charge in [0.15, 0.2) is 0 Å². The van der Waals surface area contributed by atoms with Crippen LogP contribution in [-0.2, 0) is 0 Å².